The molecule has 3 N–H and O–H groups in total. The molecule has 0 aliphatic heterocycles. The van der Waals surface area contributed by atoms with Gasteiger partial charge in [-0.1, -0.05) is 144 Å². The van der Waals surface area contributed by atoms with E-state index in [2.05, 4.69) is 39.9 Å². The van der Waals surface area contributed by atoms with Crippen LogP contribution in [0.15, 0.2) is 0 Å². The van der Waals surface area contributed by atoms with E-state index in [4.69, 9.17) is 0 Å². The molecule has 0 atom stereocenters. The summed E-state index contributed by atoms with van der Waals surface area (Å²) in [4.78, 5) is 0. The second kappa shape index (κ2) is 40.6. The van der Waals surface area contributed by atoms with E-state index in [-0.39, 0.29) is 5.48 Å². The molecule has 0 fully saturated rings. The van der Waals surface area contributed by atoms with E-state index in [0.29, 0.717) is 0 Å². The van der Waals surface area contributed by atoms with Gasteiger partial charge >= 0.3 is 0 Å². The molecule has 0 saturated carbocycles. The molecule has 0 amide bonds. The Kier molecular flexibility index (Phi) is 51.7. The van der Waals surface area contributed by atoms with Crippen LogP contribution in [0, 0.1) is 0 Å². The monoisotopic (exact) mass is 389 g/mol. The maximum Gasteiger partial charge on any atom is -0.00519 e. The summed E-state index contributed by atoms with van der Waals surface area (Å²) in [5.74, 6) is 0. The first-order valence-corrected chi connectivity index (χ1v) is 12.4. The van der Waals surface area contributed by atoms with Crippen molar-refractivity contribution in [3.63, 3.8) is 0 Å². The van der Waals surface area contributed by atoms with Gasteiger partial charge in [0.1, 0.15) is 0 Å². The average molecular weight is 390 g/mol. The molecule has 0 unspecified atom stereocenters. The largest absolute Gasteiger partial charge is 0.412 e. The minimum atomic E-state index is 0. The van der Waals surface area contributed by atoms with Crippen molar-refractivity contribution in [2.24, 2.45) is 0 Å². The molecule has 0 aliphatic carbocycles. The fourth-order valence-electron chi connectivity index (χ4n) is 2.79. The summed E-state index contributed by atoms with van der Waals surface area (Å²) in [6, 6.07) is 0. The third-order valence-corrected chi connectivity index (χ3v) is 4.69. The van der Waals surface area contributed by atoms with Crippen LogP contribution in [0.2, 0.25) is 0 Å². The second-order valence-electron chi connectivity index (χ2n) is 7.70. The van der Waals surface area contributed by atoms with Gasteiger partial charge in [0.25, 0.3) is 0 Å². The molecule has 0 aromatic carbocycles. The topological polar surface area (TPSA) is 43.5 Å². The van der Waals surface area contributed by atoms with Gasteiger partial charge in [-0.15, -0.1) is 0 Å². The van der Waals surface area contributed by atoms with E-state index in [1.54, 1.807) is 0 Å². The van der Waals surface area contributed by atoms with Crippen LogP contribution in [0.3, 0.4) is 0 Å². The summed E-state index contributed by atoms with van der Waals surface area (Å²) in [7, 11) is 2.02. The highest BCUT2D eigenvalue weighted by Crippen LogP contribution is 2.04. The number of rotatable bonds is 17. The van der Waals surface area contributed by atoms with Crippen LogP contribution in [0.1, 0.15) is 150 Å². The highest BCUT2D eigenvalue weighted by molar-refractivity contribution is 4.45. The Morgan fingerprint density at radius 1 is 0.370 bits per heavy atom. The van der Waals surface area contributed by atoms with Crippen molar-refractivity contribution >= 4 is 0 Å². The van der Waals surface area contributed by atoms with Gasteiger partial charge in [-0.3, -0.25) is 0 Å². The molecule has 0 aromatic rings. The van der Waals surface area contributed by atoms with Crippen molar-refractivity contribution < 1.29 is 5.48 Å². The Morgan fingerprint density at radius 3 is 0.815 bits per heavy atom. The van der Waals surface area contributed by atoms with Crippen LogP contribution >= 0.6 is 0 Å². The first-order valence-electron chi connectivity index (χ1n) is 12.4. The van der Waals surface area contributed by atoms with E-state index in [9.17, 15) is 0 Å². The lowest BCUT2D eigenvalue weighted by molar-refractivity contribution is 0.592. The van der Waals surface area contributed by atoms with Gasteiger partial charge in [0.05, 0.1) is 0 Å². The normalized spacial score (nSPS) is 9.56. The van der Waals surface area contributed by atoms with Gasteiger partial charge in [0, 0.05) is 0 Å². The van der Waals surface area contributed by atoms with E-state index in [0.717, 1.165) is 0 Å². The molecule has 0 aliphatic rings. The van der Waals surface area contributed by atoms with Crippen LogP contribution in [0.25, 0.3) is 0 Å². The Morgan fingerprint density at radius 2 is 0.593 bits per heavy atom. The zero-order valence-electron chi connectivity index (χ0n) is 20.4. The van der Waals surface area contributed by atoms with Crippen molar-refractivity contribution in [2.45, 2.75) is 150 Å². The predicted octanol–water partition coefficient (Wildman–Crippen LogP) is 8.48. The van der Waals surface area contributed by atoms with Crippen LogP contribution in [0.4, 0.5) is 0 Å². The van der Waals surface area contributed by atoms with Gasteiger partial charge in [-0.05, 0) is 20.0 Å². The minimum absolute atomic E-state index is 0. The molecule has 170 valence electrons. The lowest BCUT2D eigenvalue weighted by atomic mass is 10.1. The van der Waals surface area contributed by atoms with Gasteiger partial charge in [0.15, 0.2) is 0 Å². The summed E-state index contributed by atoms with van der Waals surface area (Å²) in [6.07, 6.45) is 25.4. The van der Waals surface area contributed by atoms with Crippen molar-refractivity contribution in [1.82, 2.24) is 5.32 Å². The van der Waals surface area contributed by atoms with E-state index >= 15 is 0 Å². The van der Waals surface area contributed by atoms with Gasteiger partial charge in [-0.25, -0.2) is 0 Å². The smallest absolute Gasteiger partial charge is 0.00519 e. The first-order chi connectivity index (χ1) is 12.7. The molecule has 27 heavy (non-hydrogen) atoms. The lowest BCUT2D eigenvalue weighted by Crippen LogP contribution is -2.06. The average Bonchev–Trinajstić information content (AvgIpc) is 2.66. The first kappa shape index (κ1) is 34.4. The van der Waals surface area contributed by atoms with Gasteiger partial charge in [0.2, 0.25) is 0 Å². The highest BCUT2D eigenvalue weighted by atomic mass is 16.0. The summed E-state index contributed by atoms with van der Waals surface area (Å²) in [5.41, 5.74) is 0. The molecular formula is C25H59NO. The molecule has 2 nitrogen and oxygen atoms in total. The Balaban J connectivity index is -0.000000146. The number of unbranched alkanes of at least 4 members (excludes halogenated alkanes) is 15. The molecule has 0 saturated heterocycles. The number of hydrogen-bond donors (Lipinski definition) is 1. The molecule has 0 aromatic heterocycles. The quantitative estimate of drug-likeness (QED) is 0.249. The molecular weight excluding hydrogens is 330 g/mol. The van der Waals surface area contributed by atoms with E-state index in [1.165, 1.54) is 122 Å². The second-order valence-corrected chi connectivity index (χ2v) is 7.70. The fourth-order valence-corrected chi connectivity index (χ4v) is 2.79. The molecule has 0 heterocycles. The molecule has 0 radical (unpaired) electrons. The summed E-state index contributed by atoms with van der Waals surface area (Å²) in [5, 5.41) is 3.16. The van der Waals surface area contributed by atoms with Crippen LogP contribution < -0.4 is 5.32 Å². The zero-order chi connectivity index (χ0) is 20.1. The lowest BCUT2D eigenvalue weighted by Gasteiger charge is -1.98. The number of nitrogens with one attached hydrogen (secondary N) is 1. The Bertz CT molecular complexity index is 153. The maximum atomic E-state index is 3.16. The maximum absolute atomic E-state index is 3.16. The van der Waals surface area contributed by atoms with Gasteiger partial charge < -0.3 is 10.8 Å². The SMILES string of the molecule is CCCCCCCC.CCCCCCCC.CCCCCCCCNC.O. The zero-order valence-corrected chi connectivity index (χ0v) is 20.4. The van der Waals surface area contributed by atoms with Crippen LogP contribution in [-0.2, 0) is 0 Å². The van der Waals surface area contributed by atoms with Crippen molar-refractivity contribution in [1.29, 1.82) is 0 Å². The van der Waals surface area contributed by atoms with Crippen LogP contribution in [0.5, 0.6) is 0 Å². The Hall–Kier alpha value is -0.0800. The Labute approximate surface area is 175 Å². The molecule has 0 spiro atoms. The van der Waals surface area contributed by atoms with Crippen molar-refractivity contribution in [3.05, 3.63) is 0 Å². The molecule has 0 bridgehead atoms. The molecule has 0 rings (SSSR count). The third-order valence-electron chi connectivity index (χ3n) is 4.69. The van der Waals surface area contributed by atoms with E-state index < -0.39 is 0 Å². The summed E-state index contributed by atoms with van der Waals surface area (Å²) >= 11 is 0. The summed E-state index contributed by atoms with van der Waals surface area (Å²) in [6.45, 7) is 12.5. The minimum Gasteiger partial charge on any atom is -0.412 e. The standard InChI is InChI=1S/C9H21N.2C8H18.H2O/c1-3-4-5-6-7-8-9-10-2;2*1-3-5-7-8-6-4-2;/h10H,3-9H2,1-2H3;2*3-8H2,1-2H3;1H2. The van der Waals surface area contributed by atoms with Crippen molar-refractivity contribution in [3.8, 4) is 0 Å². The number of hydrogen-bond acceptors (Lipinski definition) is 1. The van der Waals surface area contributed by atoms with Gasteiger partial charge in [-0.2, -0.15) is 0 Å². The fraction of sp³-hybridized carbons (Fsp3) is 1.00. The van der Waals surface area contributed by atoms with E-state index in [1.807, 2.05) is 7.05 Å². The summed E-state index contributed by atoms with van der Waals surface area (Å²) < 4.78 is 0. The highest BCUT2D eigenvalue weighted by Gasteiger charge is 1.87. The predicted molar refractivity (Wildman–Crippen MR) is 129 cm³/mol. The van der Waals surface area contributed by atoms with Crippen molar-refractivity contribution in [2.75, 3.05) is 13.6 Å². The van der Waals surface area contributed by atoms with Crippen LogP contribution in [-0.4, -0.2) is 19.1 Å². The third kappa shape index (κ3) is 51.8. The molecule has 2 heteroatoms.